The topological polar surface area (TPSA) is 15.3 Å². The van der Waals surface area contributed by atoms with Crippen molar-refractivity contribution < 1.29 is 0 Å². The van der Waals surface area contributed by atoms with Crippen LogP contribution in [-0.2, 0) is 0 Å². The van der Waals surface area contributed by atoms with Crippen molar-refractivity contribution in [2.24, 2.45) is 5.92 Å². The number of hydrogen-bond acceptors (Lipinski definition) is 2. The Labute approximate surface area is 118 Å². The second kappa shape index (κ2) is 6.95. The summed E-state index contributed by atoms with van der Waals surface area (Å²) in [6, 6.07) is 9.32. The Morgan fingerprint density at radius 1 is 1.26 bits per heavy atom. The maximum Gasteiger partial charge on any atom is 0.0393 e. The number of para-hydroxylation sites is 1. The fourth-order valence-corrected chi connectivity index (χ4v) is 3.39. The van der Waals surface area contributed by atoms with Crippen molar-refractivity contribution in [1.82, 2.24) is 5.32 Å². The molecule has 19 heavy (non-hydrogen) atoms. The smallest absolute Gasteiger partial charge is 0.0393 e. The number of anilines is 1. The zero-order valence-electron chi connectivity index (χ0n) is 12.7. The maximum atomic E-state index is 3.70. The Morgan fingerprint density at radius 2 is 1.95 bits per heavy atom. The molecule has 1 aliphatic rings. The summed E-state index contributed by atoms with van der Waals surface area (Å²) in [5.74, 6) is 0.867. The minimum atomic E-state index is 0.636. The van der Waals surface area contributed by atoms with E-state index in [4.69, 9.17) is 0 Å². The molecule has 1 aromatic carbocycles. The van der Waals surface area contributed by atoms with E-state index >= 15 is 0 Å². The molecule has 0 aliphatic heterocycles. The van der Waals surface area contributed by atoms with Crippen LogP contribution in [0.4, 0.5) is 5.69 Å². The molecule has 2 rings (SSSR count). The molecule has 0 amide bonds. The van der Waals surface area contributed by atoms with Gasteiger partial charge in [0.2, 0.25) is 0 Å². The summed E-state index contributed by atoms with van der Waals surface area (Å²) in [4.78, 5) is 2.42. The third-order valence-corrected chi connectivity index (χ3v) is 4.43. The van der Waals surface area contributed by atoms with Gasteiger partial charge in [-0.05, 0) is 43.9 Å². The van der Waals surface area contributed by atoms with Crippen LogP contribution in [0.3, 0.4) is 0 Å². The molecule has 0 aromatic heterocycles. The van der Waals surface area contributed by atoms with E-state index in [1.165, 1.54) is 36.9 Å². The lowest BCUT2D eigenvalue weighted by Crippen LogP contribution is -2.44. The van der Waals surface area contributed by atoms with Gasteiger partial charge in [-0.15, -0.1) is 0 Å². The highest BCUT2D eigenvalue weighted by molar-refractivity contribution is 5.52. The van der Waals surface area contributed by atoms with Crippen LogP contribution in [-0.4, -0.2) is 26.2 Å². The summed E-state index contributed by atoms with van der Waals surface area (Å²) in [5, 5.41) is 3.70. The minimum absolute atomic E-state index is 0.636. The number of rotatable bonds is 6. The molecule has 1 aliphatic carbocycles. The molecule has 2 heteroatoms. The van der Waals surface area contributed by atoms with Gasteiger partial charge in [0.25, 0.3) is 0 Å². The van der Waals surface area contributed by atoms with E-state index < -0.39 is 0 Å². The van der Waals surface area contributed by atoms with Crippen LogP contribution in [0.15, 0.2) is 24.3 Å². The van der Waals surface area contributed by atoms with Crippen molar-refractivity contribution >= 4 is 5.69 Å². The van der Waals surface area contributed by atoms with E-state index in [2.05, 4.69) is 55.4 Å². The van der Waals surface area contributed by atoms with E-state index in [1.807, 2.05) is 0 Å². The molecule has 0 saturated heterocycles. The predicted molar refractivity (Wildman–Crippen MR) is 83.9 cm³/mol. The van der Waals surface area contributed by atoms with E-state index in [-0.39, 0.29) is 0 Å². The fraction of sp³-hybridized carbons (Fsp3) is 0.647. The first kappa shape index (κ1) is 14.4. The van der Waals surface area contributed by atoms with Crippen molar-refractivity contribution in [1.29, 1.82) is 0 Å². The molecule has 0 spiro atoms. The number of hydrogen-bond donors (Lipinski definition) is 1. The summed E-state index contributed by atoms with van der Waals surface area (Å²) >= 11 is 0. The van der Waals surface area contributed by atoms with Crippen molar-refractivity contribution in [3.8, 4) is 0 Å². The summed E-state index contributed by atoms with van der Waals surface area (Å²) < 4.78 is 0. The van der Waals surface area contributed by atoms with Gasteiger partial charge in [0, 0.05) is 25.3 Å². The normalized spacial score (nSPS) is 17.6. The van der Waals surface area contributed by atoms with Crippen LogP contribution in [0.1, 0.15) is 38.2 Å². The molecule has 1 unspecified atom stereocenters. The Balaban J connectivity index is 2.02. The van der Waals surface area contributed by atoms with E-state index in [9.17, 15) is 0 Å². The van der Waals surface area contributed by atoms with E-state index in [0.29, 0.717) is 6.04 Å². The van der Waals surface area contributed by atoms with Gasteiger partial charge in [0.05, 0.1) is 0 Å². The molecular weight excluding hydrogens is 232 g/mol. The zero-order chi connectivity index (χ0) is 13.7. The van der Waals surface area contributed by atoms with Gasteiger partial charge in [-0.2, -0.15) is 0 Å². The van der Waals surface area contributed by atoms with Crippen molar-refractivity contribution in [2.45, 2.75) is 45.6 Å². The van der Waals surface area contributed by atoms with Gasteiger partial charge in [-0.1, -0.05) is 38.0 Å². The molecule has 1 N–H and O–H groups in total. The van der Waals surface area contributed by atoms with Crippen LogP contribution in [0.5, 0.6) is 0 Å². The number of aryl methyl sites for hydroxylation is 1. The quantitative estimate of drug-likeness (QED) is 0.840. The van der Waals surface area contributed by atoms with Crippen LogP contribution >= 0.6 is 0 Å². The van der Waals surface area contributed by atoms with Crippen molar-refractivity contribution in [3.05, 3.63) is 29.8 Å². The van der Waals surface area contributed by atoms with Crippen LogP contribution in [0, 0.1) is 12.8 Å². The molecule has 1 atom stereocenters. The lowest BCUT2D eigenvalue weighted by Gasteiger charge is -2.31. The van der Waals surface area contributed by atoms with Crippen molar-refractivity contribution in [2.75, 3.05) is 25.0 Å². The van der Waals surface area contributed by atoms with E-state index in [1.54, 1.807) is 0 Å². The molecular formula is C17H28N2. The highest BCUT2D eigenvalue weighted by Gasteiger charge is 2.25. The van der Waals surface area contributed by atoms with Gasteiger partial charge < -0.3 is 10.2 Å². The first-order valence-electron chi connectivity index (χ1n) is 7.72. The van der Waals surface area contributed by atoms with Gasteiger partial charge in [0.1, 0.15) is 0 Å². The predicted octanol–water partition coefficient (Wildman–Crippen LogP) is 3.60. The molecule has 1 aromatic rings. The number of benzene rings is 1. The average molecular weight is 260 g/mol. The Kier molecular flexibility index (Phi) is 5.26. The average Bonchev–Trinajstić information content (AvgIpc) is 2.92. The van der Waals surface area contributed by atoms with Crippen molar-refractivity contribution in [3.63, 3.8) is 0 Å². The van der Waals surface area contributed by atoms with Gasteiger partial charge in [0.15, 0.2) is 0 Å². The molecule has 2 nitrogen and oxygen atoms in total. The Hall–Kier alpha value is -1.02. The van der Waals surface area contributed by atoms with Gasteiger partial charge in [-0.3, -0.25) is 0 Å². The lowest BCUT2D eigenvalue weighted by molar-refractivity contribution is 0.367. The molecule has 1 fully saturated rings. The van der Waals surface area contributed by atoms with Crippen LogP contribution in [0.25, 0.3) is 0 Å². The van der Waals surface area contributed by atoms with E-state index in [0.717, 1.165) is 19.0 Å². The Morgan fingerprint density at radius 3 is 2.58 bits per heavy atom. The second-order valence-corrected chi connectivity index (χ2v) is 5.88. The first-order chi connectivity index (χ1) is 9.22. The summed E-state index contributed by atoms with van der Waals surface area (Å²) in [6.07, 6.45) is 5.64. The third-order valence-electron chi connectivity index (χ3n) is 4.43. The summed E-state index contributed by atoms with van der Waals surface area (Å²) in [6.45, 7) is 6.60. The second-order valence-electron chi connectivity index (χ2n) is 5.88. The maximum absolute atomic E-state index is 3.70. The number of likely N-dealkylation sites (N-methyl/N-ethyl adjacent to an activating group) is 2. The SMILES string of the molecule is CCNC(CN(C)c1ccccc1C)C1CCCC1. The molecule has 1 saturated carbocycles. The molecule has 0 bridgehead atoms. The summed E-state index contributed by atoms with van der Waals surface area (Å²) in [5.41, 5.74) is 2.73. The first-order valence-corrected chi connectivity index (χ1v) is 7.72. The summed E-state index contributed by atoms with van der Waals surface area (Å²) in [7, 11) is 2.22. The number of nitrogens with zero attached hydrogens (tertiary/aromatic N) is 1. The van der Waals surface area contributed by atoms with Gasteiger partial charge >= 0.3 is 0 Å². The highest BCUT2D eigenvalue weighted by atomic mass is 15.1. The fourth-order valence-electron chi connectivity index (χ4n) is 3.39. The minimum Gasteiger partial charge on any atom is -0.373 e. The molecule has 0 heterocycles. The lowest BCUT2D eigenvalue weighted by atomic mass is 9.97. The number of nitrogens with one attached hydrogen (secondary N) is 1. The monoisotopic (exact) mass is 260 g/mol. The standard InChI is InChI=1S/C17H28N2/c1-4-18-16(15-10-6-7-11-15)13-19(3)17-12-8-5-9-14(17)2/h5,8-9,12,15-16,18H,4,6-7,10-11,13H2,1-3H3. The third kappa shape index (κ3) is 3.73. The zero-order valence-corrected chi connectivity index (χ0v) is 12.7. The van der Waals surface area contributed by atoms with Crippen LogP contribution < -0.4 is 10.2 Å². The molecule has 0 radical (unpaired) electrons. The Bertz CT molecular complexity index is 383. The highest BCUT2D eigenvalue weighted by Crippen LogP contribution is 2.29. The van der Waals surface area contributed by atoms with Gasteiger partial charge in [-0.25, -0.2) is 0 Å². The van der Waals surface area contributed by atoms with Crippen LogP contribution in [0.2, 0.25) is 0 Å². The molecule has 106 valence electrons. The largest absolute Gasteiger partial charge is 0.373 e.